The van der Waals surface area contributed by atoms with Crippen molar-refractivity contribution in [1.82, 2.24) is 19.4 Å². The molecule has 18 heavy (non-hydrogen) atoms. The van der Waals surface area contributed by atoms with Crippen LogP contribution in [0.2, 0.25) is 0 Å². The first-order valence-electron chi connectivity index (χ1n) is 5.92. The summed E-state index contributed by atoms with van der Waals surface area (Å²) >= 11 is 0. The molecule has 0 radical (unpaired) electrons. The van der Waals surface area contributed by atoms with E-state index in [0.717, 1.165) is 37.6 Å². The van der Waals surface area contributed by atoms with E-state index in [1.165, 1.54) is 0 Å². The van der Waals surface area contributed by atoms with Crippen molar-refractivity contribution in [2.75, 3.05) is 6.54 Å². The minimum absolute atomic E-state index is 0.478. The van der Waals surface area contributed by atoms with E-state index in [4.69, 9.17) is 5.26 Å². The summed E-state index contributed by atoms with van der Waals surface area (Å²) in [5.74, 6) is 1.11. The maximum atomic E-state index is 8.83. The van der Waals surface area contributed by atoms with Gasteiger partial charge in [0.25, 0.3) is 0 Å². The minimum Gasteiger partial charge on any atom is -0.333 e. The van der Waals surface area contributed by atoms with Gasteiger partial charge in [-0.25, -0.2) is 9.97 Å². The van der Waals surface area contributed by atoms with Gasteiger partial charge in [-0.15, -0.1) is 0 Å². The van der Waals surface area contributed by atoms with Gasteiger partial charge in [0.2, 0.25) is 0 Å². The van der Waals surface area contributed by atoms with E-state index < -0.39 is 0 Å². The lowest BCUT2D eigenvalue weighted by molar-refractivity contribution is 0.209. The quantitative estimate of drug-likeness (QED) is 0.789. The summed E-state index contributed by atoms with van der Waals surface area (Å²) in [6.07, 6.45) is 5.56. The SMILES string of the molecule is N#Cc1cc(CN2CCn3ccnc3C2)ccn1. The van der Waals surface area contributed by atoms with Crippen LogP contribution in [0.4, 0.5) is 0 Å². The molecule has 0 amide bonds. The Bertz CT molecular complexity index is 595. The molecule has 0 aromatic carbocycles. The molecule has 0 saturated heterocycles. The highest BCUT2D eigenvalue weighted by atomic mass is 15.2. The first-order chi connectivity index (χ1) is 8.85. The van der Waals surface area contributed by atoms with Gasteiger partial charge < -0.3 is 4.57 Å². The average molecular weight is 239 g/mol. The van der Waals surface area contributed by atoms with Gasteiger partial charge in [0.1, 0.15) is 17.6 Å². The lowest BCUT2D eigenvalue weighted by atomic mass is 10.2. The molecule has 0 saturated carbocycles. The molecule has 0 atom stereocenters. The largest absolute Gasteiger partial charge is 0.333 e. The van der Waals surface area contributed by atoms with Gasteiger partial charge in [-0.3, -0.25) is 4.90 Å². The molecule has 1 aliphatic rings. The van der Waals surface area contributed by atoms with Gasteiger partial charge in [-0.2, -0.15) is 5.26 Å². The average Bonchev–Trinajstić information content (AvgIpc) is 2.86. The Morgan fingerprint density at radius 1 is 1.28 bits per heavy atom. The Balaban J connectivity index is 1.73. The van der Waals surface area contributed by atoms with E-state index in [1.54, 1.807) is 6.20 Å². The molecule has 3 rings (SSSR count). The van der Waals surface area contributed by atoms with Crippen LogP contribution in [0.1, 0.15) is 17.1 Å². The number of nitrogens with zero attached hydrogens (tertiary/aromatic N) is 5. The molecule has 0 unspecified atom stereocenters. The van der Waals surface area contributed by atoms with Gasteiger partial charge in [0, 0.05) is 38.2 Å². The van der Waals surface area contributed by atoms with Gasteiger partial charge in [-0.05, 0) is 17.7 Å². The molecule has 5 heteroatoms. The van der Waals surface area contributed by atoms with Crippen LogP contribution in [0.3, 0.4) is 0 Å². The molecule has 0 spiro atoms. The fourth-order valence-corrected chi connectivity index (χ4v) is 2.25. The summed E-state index contributed by atoms with van der Waals surface area (Å²) in [5, 5.41) is 8.83. The van der Waals surface area contributed by atoms with Gasteiger partial charge >= 0.3 is 0 Å². The molecule has 2 aromatic heterocycles. The summed E-state index contributed by atoms with van der Waals surface area (Å²) in [4.78, 5) is 10.7. The molecule has 5 nitrogen and oxygen atoms in total. The fraction of sp³-hybridized carbons (Fsp3) is 0.308. The predicted octanol–water partition coefficient (Wildman–Crippen LogP) is 1.17. The van der Waals surface area contributed by atoms with Crippen LogP contribution in [-0.2, 0) is 19.6 Å². The molecule has 90 valence electrons. The fourth-order valence-electron chi connectivity index (χ4n) is 2.25. The monoisotopic (exact) mass is 239 g/mol. The summed E-state index contributed by atoms with van der Waals surface area (Å²) in [7, 11) is 0. The Morgan fingerprint density at radius 3 is 3.11 bits per heavy atom. The van der Waals surface area contributed by atoms with Crippen molar-refractivity contribution in [1.29, 1.82) is 5.26 Å². The summed E-state index contributed by atoms with van der Waals surface area (Å²) < 4.78 is 2.18. The summed E-state index contributed by atoms with van der Waals surface area (Å²) in [5.41, 5.74) is 1.60. The van der Waals surface area contributed by atoms with Crippen molar-refractivity contribution in [3.63, 3.8) is 0 Å². The first kappa shape index (κ1) is 10.9. The number of nitriles is 1. The smallest absolute Gasteiger partial charge is 0.140 e. The van der Waals surface area contributed by atoms with Crippen LogP contribution in [-0.4, -0.2) is 26.0 Å². The van der Waals surface area contributed by atoms with Crippen LogP contribution in [0.25, 0.3) is 0 Å². The second kappa shape index (κ2) is 4.59. The standard InChI is InChI=1S/C13H13N5/c14-8-12-7-11(1-2-15-12)9-17-5-6-18-4-3-16-13(18)10-17/h1-4,7H,5-6,9-10H2. The number of hydrogen-bond acceptors (Lipinski definition) is 4. The highest BCUT2D eigenvalue weighted by Crippen LogP contribution is 2.13. The van der Waals surface area contributed by atoms with E-state index >= 15 is 0 Å². The Morgan fingerprint density at radius 2 is 2.22 bits per heavy atom. The van der Waals surface area contributed by atoms with Crippen LogP contribution >= 0.6 is 0 Å². The molecule has 3 heterocycles. The van der Waals surface area contributed by atoms with Gasteiger partial charge in [-0.1, -0.05) is 0 Å². The zero-order valence-electron chi connectivity index (χ0n) is 9.95. The van der Waals surface area contributed by atoms with Crippen LogP contribution in [0.5, 0.6) is 0 Å². The van der Waals surface area contributed by atoms with Crippen LogP contribution in [0.15, 0.2) is 30.7 Å². The third-order valence-electron chi connectivity index (χ3n) is 3.17. The number of fused-ring (bicyclic) bond motifs is 1. The lowest BCUT2D eigenvalue weighted by Crippen LogP contribution is -2.33. The number of aromatic nitrogens is 3. The molecule has 0 N–H and O–H groups in total. The number of hydrogen-bond donors (Lipinski definition) is 0. The van der Waals surface area contributed by atoms with Gasteiger partial charge in [0.15, 0.2) is 0 Å². The second-order valence-corrected chi connectivity index (χ2v) is 4.41. The van der Waals surface area contributed by atoms with E-state index in [-0.39, 0.29) is 0 Å². The molecule has 0 aliphatic carbocycles. The van der Waals surface area contributed by atoms with E-state index in [0.29, 0.717) is 5.69 Å². The molecule has 0 bridgehead atoms. The van der Waals surface area contributed by atoms with Crippen molar-refractivity contribution in [2.24, 2.45) is 0 Å². The lowest BCUT2D eigenvalue weighted by Gasteiger charge is -2.27. The van der Waals surface area contributed by atoms with Crippen molar-refractivity contribution in [2.45, 2.75) is 19.6 Å². The van der Waals surface area contributed by atoms with Crippen LogP contribution in [0, 0.1) is 11.3 Å². The number of imidazole rings is 1. The van der Waals surface area contributed by atoms with Crippen molar-refractivity contribution in [3.05, 3.63) is 47.8 Å². The third-order valence-corrected chi connectivity index (χ3v) is 3.17. The number of pyridine rings is 1. The maximum Gasteiger partial charge on any atom is 0.140 e. The third kappa shape index (κ3) is 2.11. The topological polar surface area (TPSA) is 57.7 Å². The molecular weight excluding hydrogens is 226 g/mol. The Hall–Kier alpha value is -2.19. The Kier molecular flexibility index (Phi) is 2.79. The zero-order chi connectivity index (χ0) is 12.4. The van der Waals surface area contributed by atoms with E-state index in [1.807, 2.05) is 24.5 Å². The van der Waals surface area contributed by atoms with E-state index in [9.17, 15) is 0 Å². The van der Waals surface area contributed by atoms with E-state index in [2.05, 4.69) is 25.5 Å². The summed E-state index contributed by atoms with van der Waals surface area (Å²) in [6, 6.07) is 5.88. The van der Waals surface area contributed by atoms with Crippen molar-refractivity contribution < 1.29 is 0 Å². The predicted molar refractivity (Wildman–Crippen MR) is 65.3 cm³/mol. The highest BCUT2D eigenvalue weighted by Gasteiger charge is 2.16. The maximum absolute atomic E-state index is 8.83. The second-order valence-electron chi connectivity index (χ2n) is 4.41. The molecule has 2 aromatic rings. The van der Waals surface area contributed by atoms with Crippen molar-refractivity contribution >= 4 is 0 Å². The molecule has 0 fully saturated rings. The zero-order valence-corrected chi connectivity index (χ0v) is 9.95. The normalized spacial score (nSPS) is 15.1. The highest BCUT2D eigenvalue weighted by molar-refractivity contribution is 5.25. The minimum atomic E-state index is 0.478. The summed E-state index contributed by atoms with van der Waals surface area (Å²) in [6.45, 7) is 3.68. The van der Waals surface area contributed by atoms with Gasteiger partial charge in [0.05, 0.1) is 6.54 Å². The molecule has 1 aliphatic heterocycles. The number of rotatable bonds is 2. The van der Waals surface area contributed by atoms with Crippen LogP contribution < -0.4 is 0 Å². The molecular formula is C13H13N5. The first-order valence-corrected chi connectivity index (χ1v) is 5.92. The Labute approximate surface area is 105 Å². The van der Waals surface area contributed by atoms with Crippen molar-refractivity contribution in [3.8, 4) is 6.07 Å².